The fourth-order valence-corrected chi connectivity index (χ4v) is 2.13. The Bertz CT molecular complexity index is 556. The molecule has 88 valence electrons. The van der Waals surface area contributed by atoms with E-state index in [1.54, 1.807) is 12.1 Å². The molecule has 0 unspecified atom stereocenters. The smallest absolute Gasteiger partial charge is 0.131 e. The van der Waals surface area contributed by atoms with Crippen molar-refractivity contribution < 1.29 is 8.78 Å². The Morgan fingerprint density at radius 1 is 0.941 bits per heavy atom. The largest absolute Gasteiger partial charge is 0.207 e. The van der Waals surface area contributed by atoms with Crippen LogP contribution in [0.2, 0.25) is 5.02 Å². The molecule has 0 atom stereocenters. The second-order valence-electron chi connectivity index (χ2n) is 4.01. The molecule has 0 heterocycles. The lowest BCUT2D eigenvalue weighted by Crippen LogP contribution is -1.93. The summed E-state index contributed by atoms with van der Waals surface area (Å²) >= 11 is 6.04. The van der Waals surface area contributed by atoms with Crippen LogP contribution in [0.1, 0.15) is 11.1 Å². The quantitative estimate of drug-likeness (QED) is 0.677. The summed E-state index contributed by atoms with van der Waals surface area (Å²) in [5, 5.41) is 0.423. The van der Waals surface area contributed by atoms with Crippen LogP contribution < -0.4 is 0 Å². The zero-order valence-electron chi connectivity index (χ0n) is 9.52. The van der Waals surface area contributed by atoms with Gasteiger partial charge < -0.3 is 0 Å². The van der Waals surface area contributed by atoms with Crippen molar-refractivity contribution in [3.8, 4) is 11.1 Å². The van der Waals surface area contributed by atoms with Crippen LogP contribution in [0.25, 0.3) is 11.1 Å². The normalized spacial score (nSPS) is 10.6. The van der Waals surface area contributed by atoms with E-state index in [0.29, 0.717) is 10.6 Å². The summed E-state index contributed by atoms with van der Waals surface area (Å²) in [7, 11) is 0. The maximum Gasteiger partial charge on any atom is 0.131 e. The van der Waals surface area contributed by atoms with Crippen molar-refractivity contribution in [1.82, 2.24) is 0 Å². The highest BCUT2D eigenvalue weighted by atomic mass is 35.5. The lowest BCUT2D eigenvalue weighted by atomic mass is 9.98. The van der Waals surface area contributed by atoms with Gasteiger partial charge in [0.2, 0.25) is 0 Å². The summed E-state index contributed by atoms with van der Waals surface area (Å²) in [6.45, 7) is 3.35. The molecule has 0 aliphatic heterocycles. The maximum atomic E-state index is 13.9. The van der Waals surface area contributed by atoms with Crippen LogP contribution in [-0.4, -0.2) is 0 Å². The second kappa shape index (κ2) is 4.46. The Labute approximate surface area is 104 Å². The molecule has 0 spiro atoms. The zero-order chi connectivity index (χ0) is 12.6. The molecule has 3 heteroatoms. The predicted molar refractivity (Wildman–Crippen MR) is 66.3 cm³/mol. The first kappa shape index (κ1) is 12.1. The van der Waals surface area contributed by atoms with E-state index in [2.05, 4.69) is 0 Å². The third kappa shape index (κ3) is 2.18. The summed E-state index contributed by atoms with van der Waals surface area (Å²) in [6.07, 6.45) is 0. The summed E-state index contributed by atoms with van der Waals surface area (Å²) in [4.78, 5) is 0. The Kier molecular flexibility index (Phi) is 3.16. The number of aryl methyl sites for hydroxylation is 2. The highest BCUT2D eigenvalue weighted by Gasteiger charge is 2.13. The average molecular weight is 253 g/mol. The molecule has 0 aliphatic carbocycles. The molecule has 0 fully saturated rings. The minimum absolute atomic E-state index is 0.205. The van der Waals surface area contributed by atoms with Crippen LogP contribution in [0, 0.1) is 25.5 Å². The van der Waals surface area contributed by atoms with Gasteiger partial charge in [-0.1, -0.05) is 23.7 Å². The molecule has 0 N–H and O–H groups in total. The van der Waals surface area contributed by atoms with Crippen molar-refractivity contribution >= 4 is 11.6 Å². The summed E-state index contributed by atoms with van der Waals surface area (Å²) < 4.78 is 27.3. The molecule has 2 aromatic rings. The first-order valence-electron chi connectivity index (χ1n) is 5.22. The standard InChI is InChI=1S/C14H11ClF2/c1-8-4-3-5-11(15)14(8)10-7-12(16)9(2)6-13(10)17/h3-7H,1-2H3. The van der Waals surface area contributed by atoms with Gasteiger partial charge in [0, 0.05) is 16.1 Å². The minimum Gasteiger partial charge on any atom is -0.207 e. The van der Waals surface area contributed by atoms with E-state index in [-0.39, 0.29) is 11.1 Å². The van der Waals surface area contributed by atoms with Crippen molar-refractivity contribution in [2.24, 2.45) is 0 Å². The highest BCUT2D eigenvalue weighted by molar-refractivity contribution is 6.33. The second-order valence-corrected chi connectivity index (χ2v) is 4.42. The van der Waals surface area contributed by atoms with Gasteiger partial charge in [-0.25, -0.2) is 8.78 Å². The van der Waals surface area contributed by atoms with E-state index in [1.165, 1.54) is 19.1 Å². The molecule has 0 amide bonds. The summed E-state index contributed by atoms with van der Waals surface area (Å²) in [5.41, 5.74) is 1.86. The molecule has 0 aliphatic rings. The fourth-order valence-electron chi connectivity index (χ4n) is 1.81. The van der Waals surface area contributed by atoms with Crippen molar-refractivity contribution in [1.29, 1.82) is 0 Å². The minimum atomic E-state index is -0.458. The first-order valence-corrected chi connectivity index (χ1v) is 5.59. The van der Waals surface area contributed by atoms with E-state index in [9.17, 15) is 8.78 Å². The molecule has 0 radical (unpaired) electrons. The van der Waals surface area contributed by atoms with Gasteiger partial charge in [0.15, 0.2) is 0 Å². The van der Waals surface area contributed by atoms with Crippen molar-refractivity contribution in [3.05, 3.63) is 58.1 Å². The van der Waals surface area contributed by atoms with Crippen LogP contribution in [0.15, 0.2) is 30.3 Å². The number of benzene rings is 2. The summed E-state index contributed by atoms with van der Waals surface area (Å²) in [5.74, 6) is -0.888. The molecule has 17 heavy (non-hydrogen) atoms. The lowest BCUT2D eigenvalue weighted by Gasteiger charge is -2.10. The molecule has 0 aromatic heterocycles. The van der Waals surface area contributed by atoms with Crippen molar-refractivity contribution in [2.45, 2.75) is 13.8 Å². The molecule has 0 saturated heterocycles. The van der Waals surface area contributed by atoms with Crippen LogP contribution in [0.3, 0.4) is 0 Å². The molecule has 0 bridgehead atoms. The summed E-state index contributed by atoms with van der Waals surface area (Å²) in [6, 6.07) is 7.65. The monoisotopic (exact) mass is 252 g/mol. The Morgan fingerprint density at radius 2 is 1.65 bits per heavy atom. The molecule has 0 saturated carbocycles. The topological polar surface area (TPSA) is 0 Å². The van der Waals surface area contributed by atoms with Crippen LogP contribution in [0.4, 0.5) is 8.78 Å². The van der Waals surface area contributed by atoms with Gasteiger partial charge in [-0.05, 0) is 43.2 Å². The number of hydrogen-bond donors (Lipinski definition) is 0. The van der Waals surface area contributed by atoms with Gasteiger partial charge in [0.05, 0.1) is 0 Å². The van der Waals surface area contributed by atoms with E-state index in [1.807, 2.05) is 13.0 Å². The van der Waals surface area contributed by atoms with Crippen LogP contribution in [-0.2, 0) is 0 Å². The van der Waals surface area contributed by atoms with Crippen molar-refractivity contribution in [2.75, 3.05) is 0 Å². The van der Waals surface area contributed by atoms with E-state index < -0.39 is 11.6 Å². The Balaban J connectivity index is 2.73. The van der Waals surface area contributed by atoms with Gasteiger partial charge in [0.1, 0.15) is 11.6 Å². The van der Waals surface area contributed by atoms with E-state index in [0.717, 1.165) is 5.56 Å². The van der Waals surface area contributed by atoms with Crippen LogP contribution >= 0.6 is 11.6 Å². The molecular weight excluding hydrogens is 242 g/mol. The van der Waals surface area contributed by atoms with Gasteiger partial charge >= 0.3 is 0 Å². The third-order valence-electron chi connectivity index (χ3n) is 2.74. The molecule has 2 aromatic carbocycles. The van der Waals surface area contributed by atoms with Gasteiger partial charge in [-0.3, -0.25) is 0 Å². The predicted octanol–water partition coefficient (Wildman–Crippen LogP) is 4.90. The van der Waals surface area contributed by atoms with Gasteiger partial charge in [-0.2, -0.15) is 0 Å². The van der Waals surface area contributed by atoms with Crippen molar-refractivity contribution in [3.63, 3.8) is 0 Å². The lowest BCUT2D eigenvalue weighted by molar-refractivity contribution is 0.595. The number of halogens is 3. The van der Waals surface area contributed by atoms with Crippen LogP contribution in [0.5, 0.6) is 0 Å². The average Bonchev–Trinajstić information content (AvgIpc) is 2.25. The zero-order valence-corrected chi connectivity index (χ0v) is 10.3. The third-order valence-corrected chi connectivity index (χ3v) is 3.05. The van der Waals surface area contributed by atoms with E-state index in [4.69, 9.17) is 11.6 Å². The van der Waals surface area contributed by atoms with Gasteiger partial charge in [-0.15, -0.1) is 0 Å². The SMILES string of the molecule is Cc1cc(F)c(-c2c(C)cccc2Cl)cc1F. The number of rotatable bonds is 1. The Morgan fingerprint density at radius 3 is 2.29 bits per heavy atom. The van der Waals surface area contributed by atoms with Gasteiger partial charge in [0.25, 0.3) is 0 Å². The molecule has 0 nitrogen and oxygen atoms in total. The fraction of sp³-hybridized carbons (Fsp3) is 0.143. The molecule has 2 rings (SSSR count). The number of hydrogen-bond acceptors (Lipinski definition) is 0. The maximum absolute atomic E-state index is 13.9. The first-order chi connectivity index (χ1) is 8.00. The Hall–Kier alpha value is -1.41. The highest BCUT2D eigenvalue weighted by Crippen LogP contribution is 2.33. The van der Waals surface area contributed by atoms with E-state index >= 15 is 0 Å². The molecular formula is C14H11ClF2.